The fourth-order valence-corrected chi connectivity index (χ4v) is 2.73. The molecular formula is C13H14BrN3O. The lowest BCUT2D eigenvalue weighted by molar-refractivity contribution is 0.345. The van der Waals surface area contributed by atoms with Crippen LogP contribution in [0.2, 0.25) is 0 Å². The van der Waals surface area contributed by atoms with Gasteiger partial charge in [0.05, 0.1) is 6.04 Å². The van der Waals surface area contributed by atoms with Gasteiger partial charge in [0.15, 0.2) is 0 Å². The fourth-order valence-electron chi connectivity index (χ4n) is 2.26. The van der Waals surface area contributed by atoms with Gasteiger partial charge in [0.2, 0.25) is 11.7 Å². The summed E-state index contributed by atoms with van der Waals surface area (Å²) >= 11 is 3.45. The molecule has 2 aromatic rings. The van der Waals surface area contributed by atoms with Gasteiger partial charge in [-0.1, -0.05) is 21.1 Å². The second-order valence-electron chi connectivity index (χ2n) is 4.56. The van der Waals surface area contributed by atoms with Crippen molar-refractivity contribution >= 4 is 15.9 Å². The second-order valence-corrected chi connectivity index (χ2v) is 5.48. The molecule has 1 aliphatic rings. The minimum Gasteiger partial charge on any atom is -0.337 e. The van der Waals surface area contributed by atoms with E-state index in [1.807, 2.05) is 19.1 Å². The van der Waals surface area contributed by atoms with Crippen molar-refractivity contribution in [2.75, 3.05) is 6.54 Å². The number of benzene rings is 1. The molecule has 1 saturated heterocycles. The molecule has 3 rings (SSSR count). The summed E-state index contributed by atoms with van der Waals surface area (Å²) in [6.45, 7) is 3.07. The molecular weight excluding hydrogens is 294 g/mol. The summed E-state index contributed by atoms with van der Waals surface area (Å²) in [5, 5.41) is 7.44. The first-order valence-corrected chi connectivity index (χ1v) is 6.87. The highest BCUT2D eigenvalue weighted by Gasteiger charge is 2.22. The van der Waals surface area contributed by atoms with E-state index >= 15 is 0 Å². The molecule has 1 fully saturated rings. The van der Waals surface area contributed by atoms with E-state index in [0.717, 1.165) is 28.6 Å². The third-order valence-electron chi connectivity index (χ3n) is 3.23. The third-order valence-corrected chi connectivity index (χ3v) is 3.72. The lowest BCUT2D eigenvalue weighted by Crippen LogP contribution is -2.12. The Morgan fingerprint density at radius 2 is 2.33 bits per heavy atom. The van der Waals surface area contributed by atoms with Crippen LogP contribution in [0.3, 0.4) is 0 Å². The van der Waals surface area contributed by atoms with Gasteiger partial charge in [0.25, 0.3) is 0 Å². The average Bonchev–Trinajstić information content (AvgIpc) is 2.99. The Balaban J connectivity index is 1.92. The van der Waals surface area contributed by atoms with Crippen molar-refractivity contribution in [3.05, 3.63) is 34.1 Å². The highest BCUT2D eigenvalue weighted by atomic mass is 79.9. The van der Waals surface area contributed by atoms with Gasteiger partial charge in [-0.2, -0.15) is 4.98 Å². The topological polar surface area (TPSA) is 51.0 Å². The maximum Gasteiger partial charge on any atom is 0.244 e. The Hall–Kier alpha value is -1.20. The van der Waals surface area contributed by atoms with Gasteiger partial charge >= 0.3 is 0 Å². The molecule has 0 spiro atoms. The van der Waals surface area contributed by atoms with Crippen molar-refractivity contribution in [3.63, 3.8) is 0 Å². The molecule has 94 valence electrons. The van der Waals surface area contributed by atoms with E-state index in [4.69, 9.17) is 4.52 Å². The van der Waals surface area contributed by atoms with E-state index in [1.54, 1.807) is 0 Å². The van der Waals surface area contributed by atoms with Gasteiger partial charge in [-0.25, -0.2) is 0 Å². The Morgan fingerprint density at radius 3 is 3.06 bits per heavy atom. The molecule has 1 aromatic heterocycles. The maximum absolute atomic E-state index is 5.35. The zero-order valence-electron chi connectivity index (χ0n) is 10.1. The molecule has 1 N–H and O–H groups in total. The predicted octanol–water partition coefficient (Wildman–Crippen LogP) is 3.23. The van der Waals surface area contributed by atoms with Gasteiger partial charge in [0.1, 0.15) is 0 Å². The van der Waals surface area contributed by atoms with Gasteiger partial charge in [-0.15, -0.1) is 0 Å². The van der Waals surface area contributed by atoms with Crippen molar-refractivity contribution in [2.45, 2.75) is 25.8 Å². The number of nitrogens with zero attached hydrogens (tertiary/aromatic N) is 2. The van der Waals surface area contributed by atoms with Crippen LogP contribution in [-0.2, 0) is 0 Å². The van der Waals surface area contributed by atoms with Crippen LogP contribution in [0.15, 0.2) is 27.2 Å². The summed E-state index contributed by atoms with van der Waals surface area (Å²) in [7, 11) is 0. The van der Waals surface area contributed by atoms with Crippen molar-refractivity contribution in [2.24, 2.45) is 0 Å². The molecule has 5 heteroatoms. The van der Waals surface area contributed by atoms with E-state index in [1.165, 1.54) is 6.42 Å². The summed E-state index contributed by atoms with van der Waals surface area (Å²) in [4.78, 5) is 4.50. The van der Waals surface area contributed by atoms with Crippen LogP contribution in [-0.4, -0.2) is 16.7 Å². The monoisotopic (exact) mass is 307 g/mol. The second kappa shape index (κ2) is 4.82. The quantitative estimate of drug-likeness (QED) is 0.925. The number of aryl methyl sites for hydroxylation is 1. The van der Waals surface area contributed by atoms with E-state index in [-0.39, 0.29) is 6.04 Å². The number of hydrogen-bond acceptors (Lipinski definition) is 4. The minimum absolute atomic E-state index is 0.224. The molecule has 4 nitrogen and oxygen atoms in total. The third kappa shape index (κ3) is 2.20. The van der Waals surface area contributed by atoms with E-state index < -0.39 is 0 Å². The molecule has 0 amide bonds. The van der Waals surface area contributed by atoms with Crippen LogP contribution >= 0.6 is 15.9 Å². The number of halogens is 1. The normalized spacial score (nSPS) is 19.3. The molecule has 0 saturated carbocycles. The summed E-state index contributed by atoms with van der Waals surface area (Å²) in [6, 6.07) is 6.28. The Kier molecular flexibility index (Phi) is 3.18. The Labute approximate surface area is 114 Å². The maximum atomic E-state index is 5.35. The number of hydrogen-bond donors (Lipinski definition) is 1. The molecule has 1 atom stereocenters. The molecule has 0 radical (unpaired) electrons. The molecule has 2 heterocycles. The first-order chi connectivity index (χ1) is 8.74. The molecule has 1 aromatic carbocycles. The van der Waals surface area contributed by atoms with Crippen molar-refractivity contribution in [1.82, 2.24) is 15.5 Å². The van der Waals surface area contributed by atoms with Gasteiger partial charge in [-0.3, -0.25) is 0 Å². The first kappa shape index (κ1) is 11.9. The number of aromatic nitrogens is 2. The number of rotatable bonds is 2. The largest absolute Gasteiger partial charge is 0.337 e. The molecule has 1 aliphatic heterocycles. The van der Waals surface area contributed by atoms with E-state index in [0.29, 0.717) is 11.7 Å². The van der Waals surface area contributed by atoms with Crippen LogP contribution in [0.1, 0.15) is 30.3 Å². The lowest BCUT2D eigenvalue weighted by atomic mass is 10.1. The van der Waals surface area contributed by atoms with Crippen LogP contribution in [0.4, 0.5) is 0 Å². The zero-order chi connectivity index (χ0) is 12.5. The van der Waals surface area contributed by atoms with Crippen LogP contribution in [0.5, 0.6) is 0 Å². The first-order valence-electron chi connectivity index (χ1n) is 6.07. The summed E-state index contributed by atoms with van der Waals surface area (Å²) in [5.41, 5.74) is 2.15. The van der Waals surface area contributed by atoms with Crippen LogP contribution < -0.4 is 5.32 Å². The fraction of sp³-hybridized carbons (Fsp3) is 0.385. The molecule has 0 bridgehead atoms. The smallest absolute Gasteiger partial charge is 0.244 e. The van der Waals surface area contributed by atoms with Crippen LogP contribution in [0.25, 0.3) is 11.4 Å². The Bertz CT molecular complexity index is 561. The lowest BCUT2D eigenvalue weighted by Gasteiger charge is -2.02. The molecule has 0 unspecified atom stereocenters. The highest BCUT2D eigenvalue weighted by molar-refractivity contribution is 9.10. The van der Waals surface area contributed by atoms with Gasteiger partial charge in [-0.05, 0) is 50.1 Å². The predicted molar refractivity (Wildman–Crippen MR) is 72.1 cm³/mol. The summed E-state index contributed by atoms with van der Waals surface area (Å²) in [5.74, 6) is 1.37. The summed E-state index contributed by atoms with van der Waals surface area (Å²) < 4.78 is 6.41. The van der Waals surface area contributed by atoms with E-state index in [9.17, 15) is 0 Å². The van der Waals surface area contributed by atoms with Crippen LogP contribution in [0, 0.1) is 6.92 Å². The molecule has 18 heavy (non-hydrogen) atoms. The zero-order valence-corrected chi connectivity index (χ0v) is 11.7. The van der Waals surface area contributed by atoms with Gasteiger partial charge < -0.3 is 9.84 Å². The van der Waals surface area contributed by atoms with E-state index in [2.05, 4.69) is 37.5 Å². The highest BCUT2D eigenvalue weighted by Crippen LogP contribution is 2.27. The summed E-state index contributed by atoms with van der Waals surface area (Å²) in [6.07, 6.45) is 2.24. The van der Waals surface area contributed by atoms with Crippen molar-refractivity contribution in [1.29, 1.82) is 0 Å². The molecule has 0 aliphatic carbocycles. The minimum atomic E-state index is 0.224. The van der Waals surface area contributed by atoms with Gasteiger partial charge in [0, 0.05) is 10.0 Å². The Morgan fingerprint density at radius 1 is 1.44 bits per heavy atom. The van der Waals surface area contributed by atoms with Crippen molar-refractivity contribution < 1.29 is 4.52 Å². The SMILES string of the molecule is Cc1cc(Br)ccc1-c1noc([C@H]2CCCN2)n1. The average molecular weight is 308 g/mol. The van der Waals surface area contributed by atoms with Crippen molar-refractivity contribution in [3.8, 4) is 11.4 Å². The standard InChI is InChI=1S/C13H14BrN3O/c1-8-7-9(14)4-5-10(8)12-16-13(18-17-12)11-3-2-6-15-11/h4-5,7,11,15H,2-3,6H2,1H3/t11-/m1/s1. The number of nitrogens with one attached hydrogen (secondary N) is 1.